The summed E-state index contributed by atoms with van der Waals surface area (Å²) in [5.41, 5.74) is 6.46. The number of amides is 3. The van der Waals surface area contributed by atoms with E-state index in [4.69, 9.17) is 10.8 Å². The quantitative estimate of drug-likeness (QED) is 0.0697. The number of nitrogens with one attached hydrogen (secondary N) is 5. The van der Waals surface area contributed by atoms with Gasteiger partial charge in [0.2, 0.25) is 17.7 Å². The van der Waals surface area contributed by atoms with Gasteiger partial charge in [-0.25, -0.2) is 4.98 Å². The minimum absolute atomic E-state index is 0.0176. The second-order valence-corrected chi connectivity index (χ2v) is 11.9. The predicted molar refractivity (Wildman–Crippen MR) is 163 cm³/mol. The van der Waals surface area contributed by atoms with E-state index < -0.39 is 71.8 Å². The molecular formula is C29H49N7O9. The van der Waals surface area contributed by atoms with Crippen molar-refractivity contribution in [1.29, 1.82) is 0 Å². The number of imidazole rings is 1. The second-order valence-electron chi connectivity index (χ2n) is 11.9. The number of rotatable bonds is 22. The molecule has 0 spiro atoms. The zero-order valence-electron chi connectivity index (χ0n) is 26.5. The van der Waals surface area contributed by atoms with Gasteiger partial charge in [-0.15, -0.1) is 0 Å². The van der Waals surface area contributed by atoms with Crippen LogP contribution in [0.1, 0.15) is 72.4 Å². The number of Topliss-reactive ketones (excluding diaryl/α,β-unsaturated/α-hetero) is 1. The van der Waals surface area contributed by atoms with Gasteiger partial charge in [0.1, 0.15) is 24.2 Å². The van der Waals surface area contributed by atoms with E-state index in [0.717, 1.165) is 0 Å². The minimum Gasteiger partial charge on any atom is -0.481 e. The number of aromatic amines is 1. The molecule has 6 atom stereocenters. The van der Waals surface area contributed by atoms with Gasteiger partial charge in [-0.2, -0.15) is 0 Å². The zero-order chi connectivity index (χ0) is 34.3. The Morgan fingerprint density at radius 3 is 2.02 bits per heavy atom. The number of hydrogen-bond acceptors (Lipinski definition) is 10. The molecule has 16 nitrogen and oxygen atoms in total. The van der Waals surface area contributed by atoms with Gasteiger partial charge in [0.15, 0.2) is 5.78 Å². The third kappa shape index (κ3) is 14.6. The lowest BCUT2D eigenvalue weighted by Crippen LogP contribution is -2.59. The number of H-pyrrole nitrogens is 1. The molecule has 0 aliphatic carbocycles. The van der Waals surface area contributed by atoms with Crippen molar-refractivity contribution < 1.29 is 44.1 Å². The SMILES string of the molecule is CC(C)C[C@H](NC(=O)[C@H](Cc1c[nH]cn1)NC(=O)[C@@H](N)C(C)C)C(=O)N[C@H](C(=O)CCCN[C@@H](CCC(=O)O)C(=O)O)[C@@H](C)O. The highest BCUT2D eigenvalue weighted by Gasteiger charge is 2.33. The van der Waals surface area contributed by atoms with Crippen LogP contribution < -0.4 is 27.0 Å². The van der Waals surface area contributed by atoms with E-state index in [9.17, 15) is 39.0 Å². The average Bonchev–Trinajstić information content (AvgIpc) is 3.46. The first-order valence-electron chi connectivity index (χ1n) is 15.1. The molecule has 0 saturated carbocycles. The lowest BCUT2D eigenvalue weighted by molar-refractivity contribution is -0.140. The maximum Gasteiger partial charge on any atom is 0.320 e. The number of carboxylic acid groups (broad SMARTS) is 2. The molecule has 0 aromatic carbocycles. The molecule has 254 valence electrons. The number of carboxylic acids is 2. The first kappa shape index (κ1) is 39.1. The monoisotopic (exact) mass is 639 g/mol. The fourth-order valence-electron chi connectivity index (χ4n) is 4.37. The van der Waals surface area contributed by atoms with Gasteiger partial charge in [-0.3, -0.25) is 28.8 Å². The Morgan fingerprint density at radius 2 is 1.51 bits per heavy atom. The summed E-state index contributed by atoms with van der Waals surface area (Å²) in [7, 11) is 0. The van der Waals surface area contributed by atoms with Gasteiger partial charge in [-0.1, -0.05) is 27.7 Å². The van der Waals surface area contributed by atoms with Crippen LogP contribution in [-0.2, 0) is 35.2 Å². The molecule has 3 amide bonds. The van der Waals surface area contributed by atoms with Crippen LogP contribution in [0.25, 0.3) is 0 Å². The van der Waals surface area contributed by atoms with Crippen molar-refractivity contribution in [2.75, 3.05) is 6.54 Å². The van der Waals surface area contributed by atoms with Gasteiger partial charge in [0, 0.05) is 25.5 Å². The van der Waals surface area contributed by atoms with Crippen molar-refractivity contribution in [3.8, 4) is 0 Å². The highest BCUT2D eigenvalue weighted by molar-refractivity contribution is 5.95. The average molecular weight is 640 g/mol. The summed E-state index contributed by atoms with van der Waals surface area (Å²) >= 11 is 0. The maximum absolute atomic E-state index is 13.4. The molecule has 0 fully saturated rings. The van der Waals surface area contributed by atoms with Crippen LogP contribution in [0.5, 0.6) is 0 Å². The zero-order valence-corrected chi connectivity index (χ0v) is 26.5. The van der Waals surface area contributed by atoms with Crippen molar-refractivity contribution >= 4 is 35.4 Å². The van der Waals surface area contributed by atoms with Crippen LogP contribution in [0.3, 0.4) is 0 Å². The summed E-state index contributed by atoms with van der Waals surface area (Å²) in [4.78, 5) is 81.5. The van der Waals surface area contributed by atoms with Crippen molar-refractivity contribution in [3.05, 3.63) is 18.2 Å². The number of nitrogens with zero attached hydrogens (tertiary/aromatic N) is 1. The van der Waals surface area contributed by atoms with Crippen molar-refractivity contribution in [3.63, 3.8) is 0 Å². The standard InChI is InChI=1S/C29H49N7O9/c1-15(2)11-20(34-26(41)21(12-18-13-31-14-33-18)35-28(43)24(30)16(3)4)27(42)36-25(17(5)37)22(38)7-6-10-32-19(29(44)45)8-9-23(39)40/h13-17,19-21,24-25,32,37H,6-12,30H2,1-5H3,(H,31,33)(H,34,41)(H,35,43)(H,36,42)(H,39,40)(H,44,45)/t17-,19+,20+,21+,24+,25+/m1/s1. The number of aromatic nitrogens is 2. The lowest BCUT2D eigenvalue weighted by atomic mass is 9.99. The van der Waals surface area contributed by atoms with E-state index in [1.54, 1.807) is 20.0 Å². The number of aliphatic hydroxyl groups excluding tert-OH is 1. The Hall–Kier alpha value is -3.89. The minimum atomic E-state index is -1.31. The molecule has 0 radical (unpaired) electrons. The third-order valence-electron chi connectivity index (χ3n) is 7.02. The number of aliphatic hydroxyl groups is 1. The Bertz CT molecular complexity index is 1130. The van der Waals surface area contributed by atoms with E-state index in [1.165, 1.54) is 13.3 Å². The van der Waals surface area contributed by atoms with Gasteiger partial charge >= 0.3 is 11.9 Å². The van der Waals surface area contributed by atoms with E-state index in [0.29, 0.717) is 5.69 Å². The van der Waals surface area contributed by atoms with E-state index in [-0.39, 0.29) is 56.9 Å². The Morgan fingerprint density at radius 1 is 0.889 bits per heavy atom. The molecule has 45 heavy (non-hydrogen) atoms. The summed E-state index contributed by atoms with van der Waals surface area (Å²) in [5, 5.41) is 38.9. The summed E-state index contributed by atoms with van der Waals surface area (Å²) < 4.78 is 0. The summed E-state index contributed by atoms with van der Waals surface area (Å²) in [6.07, 6.45) is 1.48. The molecule has 10 N–H and O–H groups in total. The molecule has 0 bridgehead atoms. The summed E-state index contributed by atoms with van der Waals surface area (Å²) in [5.74, 6) is -5.04. The third-order valence-corrected chi connectivity index (χ3v) is 7.02. The van der Waals surface area contributed by atoms with Crippen molar-refractivity contribution in [1.82, 2.24) is 31.2 Å². The van der Waals surface area contributed by atoms with Gasteiger partial charge in [-0.05, 0) is 44.6 Å². The Kier molecular flexibility index (Phi) is 16.9. The Labute approximate surface area is 262 Å². The molecule has 0 aliphatic rings. The van der Waals surface area contributed by atoms with Gasteiger partial charge in [0.05, 0.1) is 24.2 Å². The second kappa shape index (κ2) is 19.5. The number of ketones is 1. The number of carbonyl (C=O) groups excluding carboxylic acids is 4. The molecule has 0 saturated heterocycles. The molecule has 0 unspecified atom stereocenters. The normalized spacial score (nSPS) is 15.4. The highest BCUT2D eigenvalue weighted by Crippen LogP contribution is 2.10. The maximum atomic E-state index is 13.4. The number of carbonyl (C=O) groups is 6. The molecule has 1 heterocycles. The molecule has 1 rings (SSSR count). The van der Waals surface area contributed by atoms with Crippen LogP contribution >= 0.6 is 0 Å². The van der Waals surface area contributed by atoms with Crippen LogP contribution in [0.4, 0.5) is 0 Å². The highest BCUT2D eigenvalue weighted by atomic mass is 16.4. The first-order chi connectivity index (χ1) is 21.0. The summed E-state index contributed by atoms with van der Waals surface area (Å²) in [6.45, 7) is 8.61. The lowest BCUT2D eigenvalue weighted by Gasteiger charge is -2.27. The van der Waals surface area contributed by atoms with Crippen molar-refractivity contribution in [2.24, 2.45) is 17.6 Å². The number of hydrogen-bond donors (Lipinski definition) is 9. The van der Waals surface area contributed by atoms with Gasteiger partial charge < -0.3 is 47.3 Å². The predicted octanol–water partition coefficient (Wildman–Crippen LogP) is -0.926. The van der Waals surface area contributed by atoms with E-state index in [1.807, 2.05) is 13.8 Å². The number of aliphatic carboxylic acids is 2. The van der Waals surface area contributed by atoms with Crippen LogP contribution in [0.2, 0.25) is 0 Å². The fourth-order valence-corrected chi connectivity index (χ4v) is 4.37. The molecule has 1 aromatic heterocycles. The topological polar surface area (TPSA) is 266 Å². The molecule has 0 aliphatic heterocycles. The number of nitrogens with two attached hydrogens (primary N) is 1. The fraction of sp³-hybridized carbons (Fsp3) is 0.690. The van der Waals surface area contributed by atoms with Crippen LogP contribution in [-0.4, -0.2) is 104 Å². The smallest absolute Gasteiger partial charge is 0.320 e. The van der Waals surface area contributed by atoms with Crippen molar-refractivity contribution in [2.45, 2.75) is 109 Å². The summed E-state index contributed by atoms with van der Waals surface area (Å²) in [6, 6.07) is -5.51. The molecular weight excluding hydrogens is 590 g/mol. The Balaban J connectivity index is 2.95. The van der Waals surface area contributed by atoms with E-state index >= 15 is 0 Å². The largest absolute Gasteiger partial charge is 0.481 e. The van der Waals surface area contributed by atoms with Crippen LogP contribution in [0.15, 0.2) is 12.5 Å². The molecule has 1 aromatic rings. The molecule has 16 heteroatoms. The first-order valence-corrected chi connectivity index (χ1v) is 15.1. The van der Waals surface area contributed by atoms with E-state index in [2.05, 4.69) is 31.2 Å². The van der Waals surface area contributed by atoms with Crippen LogP contribution in [0, 0.1) is 11.8 Å². The van der Waals surface area contributed by atoms with Gasteiger partial charge in [0.25, 0.3) is 0 Å².